The van der Waals surface area contributed by atoms with E-state index in [1.165, 1.54) is 4.90 Å². The second-order valence-corrected chi connectivity index (χ2v) is 13.8. The van der Waals surface area contributed by atoms with Gasteiger partial charge < -0.3 is 31.3 Å². The predicted octanol–water partition coefficient (Wildman–Crippen LogP) is 1.79. The van der Waals surface area contributed by atoms with E-state index in [2.05, 4.69) is 16.0 Å². The highest BCUT2D eigenvalue weighted by Gasteiger charge is 2.50. The number of ether oxygens (including phenoxy) is 1. The van der Waals surface area contributed by atoms with Crippen molar-refractivity contribution in [3.63, 3.8) is 0 Å². The molecule has 5 N–H and O–H groups in total. The van der Waals surface area contributed by atoms with E-state index < -0.39 is 58.7 Å². The number of hydrogen-bond donors (Lipinski definition) is 4. The molecule has 1 saturated heterocycles. The normalized spacial score (nSPS) is 25.1. The molecule has 1 heterocycles. The van der Waals surface area contributed by atoms with Crippen LogP contribution in [0.2, 0.25) is 0 Å². The van der Waals surface area contributed by atoms with Crippen LogP contribution in [0.5, 0.6) is 0 Å². The number of primary amides is 1. The minimum atomic E-state index is -1.10. The van der Waals surface area contributed by atoms with Crippen molar-refractivity contribution in [3.05, 3.63) is 0 Å². The monoisotopic (exact) mass is 591 g/mol. The van der Waals surface area contributed by atoms with Gasteiger partial charge in [0.2, 0.25) is 17.6 Å². The smallest absolute Gasteiger partial charge is 0.325 e. The van der Waals surface area contributed by atoms with E-state index in [-0.39, 0.29) is 30.2 Å². The van der Waals surface area contributed by atoms with E-state index in [1.807, 2.05) is 20.8 Å². The third-order valence-corrected chi connectivity index (χ3v) is 9.22. The summed E-state index contributed by atoms with van der Waals surface area (Å²) in [7, 11) is 0. The topological polar surface area (TPSA) is 177 Å². The summed E-state index contributed by atoms with van der Waals surface area (Å²) in [6, 6.07) is -3.55. The van der Waals surface area contributed by atoms with E-state index >= 15 is 0 Å². The van der Waals surface area contributed by atoms with Crippen molar-refractivity contribution < 1.29 is 33.5 Å². The lowest BCUT2D eigenvalue weighted by Gasteiger charge is -2.38. The molecule has 3 fully saturated rings. The minimum Gasteiger partial charge on any atom is -0.459 e. The Labute approximate surface area is 248 Å². The molecule has 3 aliphatic rings. The molecule has 0 bridgehead atoms. The number of likely N-dealkylation sites (tertiary alicyclic amines) is 1. The number of urea groups is 1. The van der Waals surface area contributed by atoms with Crippen molar-refractivity contribution in [2.75, 3.05) is 13.1 Å². The number of nitrogens with two attached hydrogens (primary N) is 1. The molecule has 5 amide bonds. The van der Waals surface area contributed by atoms with E-state index in [1.54, 1.807) is 20.8 Å². The molecule has 5 atom stereocenters. The molecule has 3 rings (SSSR count). The number of carbonyl (C=O) groups is 6. The van der Waals surface area contributed by atoms with Crippen LogP contribution in [0.4, 0.5) is 4.79 Å². The summed E-state index contributed by atoms with van der Waals surface area (Å²) in [4.78, 5) is 78.9. The van der Waals surface area contributed by atoms with Crippen molar-refractivity contribution in [1.29, 1.82) is 0 Å². The summed E-state index contributed by atoms with van der Waals surface area (Å²) in [5.74, 6) is -3.48. The second-order valence-electron chi connectivity index (χ2n) is 13.8. The molecular formula is C30H49N5O7. The first kappa shape index (κ1) is 33.3. The number of nitrogens with one attached hydrogen (secondary N) is 3. The molecule has 2 aliphatic carbocycles. The second kappa shape index (κ2) is 13.4. The van der Waals surface area contributed by atoms with Gasteiger partial charge >= 0.3 is 12.0 Å². The van der Waals surface area contributed by atoms with E-state index in [9.17, 15) is 28.8 Å². The van der Waals surface area contributed by atoms with Crippen molar-refractivity contribution in [2.24, 2.45) is 28.9 Å². The van der Waals surface area contributed by atoms with Crippen molar-refractivity contribution >= 4 is 35.5 Å². The van der Waals surface area contributed by atoms with Crippen LogP contribution in [-0.2, 0) is 28.7 Å². The summed E-state index contributed by atoms with van der Waals surface area (Å²) in [5, 5.41) is 8.05. The van der Waals surface area contributed by atoms with Crippen LogP contribution < -0.4 is 21.7 Å². The molecule has 0 spiro atoms. The number of hydrogen-bond acceptors (Lipinski definition) is 7. The first-order chi connectivity index (χ1) is 19.5. The highest BCUT2D eigenvalue weighted by molar-refractivity contribution is 6.37. The molecular weight excluding hydrogens is 542 g/mol. The number of Topliss-reactive ketones (excluding diaryl/α,β-unsaturated/α-hetero) is 1. The van der Waals surface area contributed by atoms with Crippen LogP contribution in [0, 0.1) is 23.2 Å². The molecule has 0 aromatic rings. The molecule has 2 saturated carbocycles. The van der Waals surface area contributed by atoms with Crippen molar-refractivity contribution in [1.82, 2.24) is 20.9 Å². The van der Waals surface area contributed by atoms with E-state index in [0.29, 0.717) is 25.8 Å². The zero-order chi connectivity index (χ0) is 31.4. The van der Waals surface area contributed by atoms with E-state index in [4.69, 9.17) is 10.5 Å². The van der Waals surface area contributed by atoms with Crippen LogP contribution in [0.25, 0.3) is 0 Å². The van der Waals surface area contributed by atoms with Gasteiger partial charge in [-0.25, -0.2) is 4.79 Å². The molecule has 0 radical (unpaired) electrons. The largest absolute Gasteiger partial charge is 0.459 e. The van der Waals surface area contributed by atoms with Gasteiger partial charge in [-0.05, 0) is 63.2 Å². The zero-order valence-electron chi connectivity index (χ0n) is 25.9. The number of amides is 5. The third kappa shape index (κ3) is 8.22. The quantitative estimate of drug-likeness (QED) is 0.209. The highest BCUT2D eigenvalue weighted by atomic mass is 16.6. The fraction of sp³-hybridized carbons (Fsp3) is 0.800. The lowest BCUT2D eigenvalue weighted by Crippen LogP contribution is -2.61. The molecule has 12 nitrogen and oxygen atoms in total. The fourth-order valence-electron chi connectivity index (χ4n) is 6.40. The molecule has 12 heteroatoms. The Morgan fingerprint density at radius 2 is 1.62 bits per heavy atom. The fourth-order valence-corrected chi connectivity index (χ4v) is 6.40. The van der Waals surface area contributed by atoms with Crippen molar-refractivity contribution in [3.8, 4) is 0 Å². The Kier molecular flexibility index (Phi) is 10.6. The van der Waals surface area contributed by atoms with Crippen LogP contribution in [0.3, 0.4) is 0 Å². The van der Waals surface area contributed by atoms with Gasteiger partial charge in [0.1, 0.15) is 24.2 Å². The summed E-state index contributed by atoms with van der Waals surface area (Å²) < 4.78 is 5.25. The SMILES string of the molecule is CC1CN(C(=O)C(NC(=O)NCC(=O)OC(C)(C)C)C2(C)CCCC2)C(C(=O)NC(CC2CCC2)C(=O)C(N)=O)C1C. The predicted molar refractivity (Wildman–Crippen MR) is 155 cm³/mol. The number of rotatable bonds is 11. The number of nitrogens with zero attached hydrogens (tertiary/aromatic N) is 1. The van der Waals surface area contributed by atoms with Gasteiger partial charge in [0.15, 0.2) is 0 Å². The summed E-state index contributed by atoms with van der Waals surface area (Å²) in [6.45, 7) is 10.9. The molecule has 42 heavy (non-hydrogen) atoms. The lowest BCUT2D eigenvalue weighted by atomic mass is 9.79. The first-order valence-electron chi connectivity index (χ1n) is 15.2. The minimum absolute atomic E-state index is 0.0281. The Bertz CT molecular complexity index is 1060. The van der Waals surface area contributed by atoms with E-state index in [0.717, 1.165) is 32.1 Å². The average Bonchev–Trinajstić information content (AvgIpc) is 3.44. The number of carbonyl (C=O) groups excluding carboxylic acids is 6. The molecule has 236 valence electrons. The van der Waals surface area contributed by atoms with Gasteiger partial charge in [-0.15, -0.1) is 0 Å². The molecule has 0 aromatic carbocycles. The molecule has 1 aliphatic heterocycles. The average molecular weight is 592 g/mol. The zero-order valence-corrected chi connectivity index (χ0v) is 25.9. The van der Waals surface area contributed by atoms with Crippen molar-refractivity contribution in [2.45, 2.75) is 117 Å². The Morgan fingerprint density at radius 3 is 2.14 bits per heavy atom. The summed E-state index contributed by atoms with van der Waals surface area (Å²) in [6.07, 6.45) is 6.42. The Hall–Kier alpha value is -3.18. The van der Waals surface area contributed by atoms with Gasteiger partial charge in [-0.3, -0.25) is 24.0 Å². The number of ketones is 1. The number of esters is 1. The summed E-state index contributed by atoms with van der Waals surface area (Å²) in [5.41, 5.74) is 4.03. The van der Waals surface area contributed by atoms with Crippen LogP contribution in [0.15, 0.2) is 0 Å². The Balaban J connectivity index is 1.79. The lowest BCUT2D eigenvalue weighted by molar-refractivity contribution is -0.153. The van der Waals surface area contributed by atoms with Gasteiger partial charge in [0, 0.05) is 6.54 Å². The van der Waals surface area contributed by atoms with Crippen LogP contribution >= 0.6 is 0 Å². The van der Waals surface area contributed by atoms with Gasteiger partial charge in [0.05, 0.1) is 6.04 Å². The third-order valence-electron chi connectivity index (χ3n) is 9.22. The van der Waals surface area contributed by atoms with Gasteiger partial charge in [-0.2, -0.15) is 0 Å². The van der Waals surface area contributed by atoms with Gasteiger partial charge in [0.25, 0.3) is 5.91 Å². The maximum Gasteiger partial charge on any atom is 0.325 e. The summed E-state index contributed by atoms with van der Waals surface area (Å²) >= 11 is 0. The first-order valence-corrected chi connectivity index (χ1v) is 15.2. The van der Waals surface area contributed by atoms with Crippen LogP contribution in [0.1, 0.15) is 92.9 Å². The molecule has 5 unspecified atom stereocenters. The maximum atomic E-state index is 14.2. The Morgan fingerprint density at radius 1 is 1.00 bits per heavy atom. The standard InChI is InChI=1S/C30H49N5O7/c1-17-16-35(22(18(17)2)26(39)33-20(23(37)25(31)38)14-19-10-9-11-19)27(40)24(30(6)12-7-8-13-30)34-28(41)32-15-21(36)42-29(3,4)5/h17-20,22,24H,7-16H2,1-6H3,(H2,31,38)(H,33,39)(H2,32,34,41). The molecule has 0 aromatic heterocycles. The van der Waals surface area contributed by atoms with Crippen LogP contribution in [-0.4, -0.2) is 77.2 Å². The highest BCUT2D eigenvalue weighted by Crippen LogP contribution is 2.42. The maximum absolute atomic E-state index is 14.2. The van der Waals surface area contributed by atoms with Gasteiger partial charge in [-0.1, -0.05) is 52.9 Å².